The highest BCUT2D eigenvalue weighted by molar-refractivity contribution is 7.90. The third-order valence-corrected chi connectivity index (χ3v) is 3.66. The fourth-order valence-electron chi connectivity index (χ4n) is 1.70. The van der Waals surface area contributed by atoms with Crippen LogP contribution in [0.1, 0.15) is 0 Å². The number of methoxy groups -OCH3 is 1. The summed E-state index contributed by atoms with van der Waals surface area (Å²) in [7, 11) is -1.56. The molecular weight excluding hydrogens is 242 g/mol. The van der Waals surface area contributed by atoms with Crippen molar-refractivity contribution in [1.29, 1.82) is 0 Å². The van der Waals surface area contributed by atoms with Gasteiger partial charge in [-0.3, -0.25) is 0 Å². The molecule has 1 aliphatic rings. The SMILES string of the molecule is COCC1CNc2cc(S(C)(=O)=O)ccc2O1. The molecule has 17 heavy (non-hydrogen) atoms. The molecule has 0 aromatic heterocycles. The number of nitrogens with one attached hydrogen (secondary N) is 1. The number of sulfone groups is 1. The summed E-state index contributed by atoms with van der Waals surface area (Å²) in [6, 6.07) is 4.80. The third kappa shape index (κ3) is 2.70. The molecule has 5 nitrogen and oxygen atoms in total. The maximum absolute atomic E-state index is 11.4. The van der Waals surface area contributed by atoms with E-state index < -0.39 is 9.84 Å². The first-order valence-corrected chi connectivity index (χ1v) is 7.13. The van der Waals surface area contributed by atoms with Crippen LogP contribution < -0.4 is 10.1 Å². The molecule has 1 aliphatic heterocycles. The maximum Gasteiger partial charge on any atom is 0.175 e. The number of fused-ring (bicyclic) bond motifs is 1. The number of hydrogen-bond donors (Lipinski definition) is 1. The topological polar surface area (TPSA) is 64.6 Å². The Hall–Kier alpha value is -1.27. The molecule has 2 rings (SSSR count). The first kappa shape index (κ1) is 12.2. The lowest BCUT2D eigenvalue weighted by Crippen LogP contribution is -2.34. The van der Waals surface area contributed by atoms with Gasteiger partial charge in [0.1, 0.15) is 11.9 Å². The zero-order valence-electron chi connectivity index (χ0n) is 9.76. The molecule has 0 bridgehead atoms. The fourth-order valence-corrected chi connectivity index (χ4v) is 2.35. The van der Waals surface area contributed by atoms with Gasteiger partial charge >= 0.3 is 0 Å². The Morgan fingerprint density at radius 1 is 1.53 bits per heavy atom. The number of benzene rings is 1. The molecular formula is C11H15NO4S. The number of ether oxygens (including phenoxy) is 2. The highest BCUT2D eigenvalue weighted by Crippen LogP contribution is 2.31. The zero-order chi connectivity index (χ0) is 12.5. The zero-order valence-corrected chi connectivity index (χ0v) is 10.6. The van der Waals surface area contributed by atoms with Gasteiger partial charge in [-0.05, 0) is 18.2 Å². The molecule has 0 spiro atoms. The van der Waals surface area contributed by atoms with Gasteiger partial charge in [-0.2, -0.15) is 0 Å². The van der Waals surface area contributed by atoms with E-state index in [0.717, 1.165) is 0 Å². The Balaban J connectivity index is 2.26. The smallest absolute Gasteiger partial charge is 0.175 e. The highest BCUT2D eigenvalue weighted by atomic mass is 32.2. The molecule has 1 heterocycles. The summed E-state index contributed by atoms with van der Waals surface area (Å²) in [6.45, 7) is 1.11. The van der Waals surface area contributed by atoms with Gasteiger partial charge in [-0.1, -0.05) is 0 Å². The van der Waals surface area contributed by atoms with Gasteiger partial charge in [0.2, 0.25) is 0 Å². The third-order valence-electron chi connectivity index (χ3n) is 2.55. The van der Waals surface area contributed by atoms with Gasteiger partial charge in [0.25, 0.3) is 0 Å². The number of hydrogen-bond acceptors (Lipinski definition) is 5. The van der Waals surface area contributed by atoms with E-state index in [0.29, 0.717) is 24.6 Å². The molecule has 1 aromatic carbocycles. The van der Waals surface area contributed by atoms with Crippen LogP contribution in [0.25, 0.3) is 0 Å². The fraction of sp³-hybridized carbons (Fsp3) is 0.455. The van der Waals surface area contributed by atoms with Crippen molar-refractivity contribution >= 4 is 15.5 Å². The van der Waals surface area contributed by atoms with Crippen molar-refractivity contribution < 1.29 is 17.9 Å². The van der Waals surface area contributed by atoms with Crippen LogP contribution in [0.2, 0.25) is 0 Å². The number of rotatable bonds is 3. The summed E-state index contributed by atoms with van der Waals surface area (Å²) in [5.74, 6) is 0.658. The average molecular weight is 257 g/mol. The van der Waals surface area contributed by atoms with E-state index >= 15 is 0 Å². The van der Waals surface area contributed by atoms with Crippen molar-refractivity contribution in [2.45, 2.75) is 11.0 Å². The molecule has 1 unspecified atom stereocenters. The Bertz CT molecular complexity index is 512. The lowest BCUT2D eigenvalue weighted by Gasteiger charge is -2.27. The van der Waals surface area contributed by atoms with Crippen LogP contribution in [0.5, 0.6) is 5.75 Å². The van der Waals surface area contributed by atoms with E-state index in [4.69, 9.17) is 9.47 Å². The van der Waals surface area contributed by atoms with E-state index in [1.165, 1.54) is 6.26 Å². The summed E-state index contributed by atoms with van der Waals surface area (Å²) < 4.78 is 33.5. The quantitative estimate of drug-likeness (QED) is 0.872. The second kappa shape index (κ2) is 4.54. The van der Waals surface area contributed by atoms with Crippen LogP contribution in [0.15, 0.2) is 23.1 Å². The predicted octanol–water partition coefficient (Wildman–Crippen LogP) is 0.909. The van der Waals surface area contributed by atoms with Crippen molar-refractivity contribution in [1.82, 2.24) is 0 Å². The van der Waals surface area contributed by atoms with Crippen molar-refractivity contribution in [3.8, 4) is 5.75 Å². The molecule has 0 amide bonds. The van der Waals surface area contributed by atoms with Gasteiger partial charge < -0.3 is 14.8 Å². The average Bonchev–Trinajstić information content (AvgIpc) is 2.27. The summed E-state index contributed by atoms with van der Waals surface area (Å²) in [5.41, 5.74) is 0.709. The van der Waals surface area contributed by atoms with Gasteiger partial charge in [0, 0.05) is 13.4 Å². The first-order chi connectivity index (χ1) is 8.00. The van der Waals surface area contributed by atoms with Crippen LogP contribution in [-0.4, -0.2) is 41.0 Å². The second-order valence-corrected chi connectivity index (χ2v) is 6.02. The summed E-state index contributed by atoms with van der Waals surface area (Å²) in [4.78, 5) is 0.289. The van der Waals surface area contributed by atoms with E-state index in [-0.39, 0.29) is 11.0 Å². The Labute approximate surface area is 101 Å². The lowest BCUT2D eigenvalue weighted by atomic mass is 10.2. The van der Waals surface area contributed by atoms with Crippen LogP contribution in [-0.2, 0) is 14.6 Å². The molecule has 1 N–H and O–H groups in total. The molecule has 0 radical (unpaired) electrons. The molecule has 0 saturated carbocycles. The molecule has 0 fully saturated rings. The van der Waals surface area contributed by atoms with E-state index in [2.05, 4.69) is 5.32 Å². The van der Waals surface area contributed by atoms with Crippen molar-refractivity contribution in [2.75, 3.05) is 31.8 Å². The summed E-state index contributed by atoms with van der Waals surface area (Å²) in [5, 5.41) is 3.14. The van der Waals surface area contributed by atoms with Gasteiger partial charge in [0.05, 0.1) is 23.7 Å². The molecule has 94 valence electrons. The summed E-state index contributed by atoms with van der Waals surface area (Å²) in [6.07, 6.45) is 1.14. The van der Waals surface area contributed by atoms with Crippen LogP contribution >= 0.6 is 0 Å². The van der Waals surface area contributed by atoms with E-state index in [9.17, 15) is 8.42 Å². The Kier molecular flexibility index (Phi) is 3.26. The normalized spacial score (nSPS) is 19.1. The first-order valence-electron chi connectivity index (χ1n) is 5.24. The minimum atomic E-state index is -3.18. The predicted molar refractivity (Wildman–Crippen MR) is 64.3 cm³/mol. The number of anilines is 1. The molecule has 0 saturated heterocycles. The molecule has 0 aliphatic carbocycles. The van der Waals surface area contributed by atoms with Crippen LogP contribution in [0.3, 0.4) is 0 Å². The minimum absolute atomic E-state index is 0.0448. The highest BCUT2D eigenvalue weighted by Gasteiger charge is 2.20. The minimum Gasteiger partial charge on any atom is -0.484 e. The van der Waals surface area contributed by atoms with Gasteiger partial charge in [-0.25, -0.2) is 8.42 Å². The Morgan fingerprint density at radius 3 is 2.94 bits per heavy atom. The van der Waals surface area contributed by atoms with Crippen molar-refractivity contribution in [2.24, 2.45) is 0 Å². The second-order valence-electron chi connectivity index (χ2n) is 4.01. The van der Waals surface area contributed by atoms with Crippen molar-refractivity contribution in [3.63, 3.8) is 0 Å². The van der Waals surface area contributed by atoms with E-state index in [1.54, 1.807) is 25.3 Å². The van der Waals surface area contributed by atoms with E-state index in [1.807, 2.05) is 0 Å². The van der Waals surface area contributed by atoms with Gasteiger partial charge in [0.15, 0.2) is 9.84 Å². The summed E-state index contributed by atoms with van der Waals surface area (Å²) >= 11 is 0. The molecule has 6 heteroatoms. The van der Waals surface area contributed by atoms with Crippen LogP contribution in [0, 0.1) is 0 Å². The molecule has 1 aromatic rings. The maximum atomic E-state index is 11.4. The monoisotopic (exact) mass is 257 g/mol. The standard InChI is InChI=1S/C11H15NO4S/c1-15-7-8-6-12-10-5-9(17(2,13)14)3-4-11(10)16-8/h3-5,8,12H,6-7H2,1-2H3. The van der Waals surface area contributed by atoms with Crippen molar-refractivity contribution in [3.05, 3.63) is 18.2 Å². The Morgan fingerprint density at radius 2 is 2.29 bits per heavy atom. The van der Waals surface area contributed by atoms with Gasteiger partial charge in [-0.15, -0.1) is 0 Å². The largest absolute Gasteiger partial charge is 0.484 e. The lowest BCUT2D eigenvalue weighted by molar-refractivity contribution is 0.0847. The van der Waals surface area contributed by atoms with Crippen LogP contribution in [0.4, 0.5) is 5.69 Å². The molecule has 1 atom stereocenters.